The number of hydrogen-bond donors (Lipinski definition) is 0. The van der Waals surface area contributed by atoms with Crippen molar-refractivity contribution in [2.45, 2.75) is 25.4 Å². The summed E-state index contributed by atoms with van der Waals surface area (Å²) in [5, 5.41) is 0. The normalized spacial score (nSPS) is 12.4. The number of hydrogen-bond acceptors (Lipinski definition) is 1. The van der Waals surface area contributed by atoms with E-state index < -0.39 is 0 Å². The molecule has 0 fully saturated rings. The Morgan fingerprint density at radius 1 is 1.36 bits per heavy atom. The monoisotopic (exact) mass is 190 g/mol. The van der Waals surface area contributed by atoms with Gasteiger partial charge in [0.05, 0.1) is 6.10 Å². The second kappa shape index (κ2) is 6.39. The Balaban J connectivity index is 2.35. The topological polar surface area (TPSA) is 9.23 Å². The van der Waals surface area contributed by atoms with Gasteiger partial charge in [-0.25, -0.2) is 0 Å². The summed E-state index contributed by atoms with van der Waals surface area (Å²) in [4.78, 5) is 0. The van der Waals surface area contributed by atoms with E-state index in [2.05, 4.69) is 30.8 Å². The molecule has 1 aromatic carbocycles. The molecule has 0 N–H and O–H groups in total. The maximum Gasteiger partial charge on any atom is 0.0608 e. The van der Waals surface area contributed by atoms with E-state index in [4.69, 9.17) is 4.74 Å². The highest BCUT2D eigenvalue weighted by Crippen LogP contribution is 2.09. The SMILES string of the molecule is C=CC[C@H](CCc1ccccc1)OC. The molecule has 0 radical (unpaired) electrons. The largest absolute Gasteiger partial charge is 0.381 e. The van der Waals surface area contributed by atoms with Crippen molar-refractivity contribution >= 4 is 0 Å². The molecule has 0 aliphatic carbocycles. The summed E-state index contributed by atoms with van der Waals surface area (Å²) in [6.07, 6.45) is 5.30. The van der Waals surface area contributed by atoms with E-state index in [-0.39, 0.29) is 0 Å². The average Bonchev–Trinajstić information content (AvgIpc) is 2.25. The predicted molar refractivity (Wildman–Crippen MR) is 60.4 cm³/mol. The van der Waals surface area contributed by atoms with E-state index in [1.807, 2.05) is 12.1 Å². The summed E-state index contributed by atoms with van der Waals surface area (Å²) in [7, 11) is 1.76. The first-order chi connectivity index (χ1) is 6.86. The van der Waals surface area contributed by atoms with Crippen LogP contribution in [0.5, 0.6) is 0 Å². The van der Waals surface area contributed by atoms with Crippen LogP contribution in [0, 0.1) is 0 Å². The van der Waals surface area contributed by atoms with E-state index in [1.165, 1.54) is 5.56 Å². The third-order valence-electron chi connectivity index (χ3n) is 2.36. The van der Waals surface area contributed by atoms with Crippen LogP contribution in [0.4, 0.5) is 0 Å². The van der Waals surface area contributed by atoms with Crippen molar-refractivity contribution in [3.05, 3.63) is 48.6 Å². The Morgan fingerprint density at radius 3 is 2.64 bits per heavy atom. The van der Waals surface area contributed by atoms with Crippen LogP contribution in [0.2, 0.25) is 0 Å². The van der Waals surface area contributed by atoms with Gasteiger partial charge in [0, 0.05) is 7.11 Å². The van der Waals surface area contributed by atoms with Crippen LogP contribution >= 0.6 is 0 Å². The number of ether oxygens (including phenoxy) is 1. The van der Waals surface area contributed by atoms with Crippen LogP contribution in [0.25, 0.3) is 0 Å². The molecule has 14 heavy (non-hydrogen) atoms. The number of benzene rings is 1. The van der Waals surface area contributed by atoms with Gasteiger partial charge >= 0.3 is 0 Å². The zero-order valence-electron chi connectivity index (χ0n) is 8.78. The molecule has 0 unspecified atom stereocenters. The van der Waals surface area contributed by atoms with Crippen molar-refractivity contribution in [3.63, 3.8) is 0 Å². The van der Waals surface area contributed by atoms with Crippen LogP contribution < -0.4 is 0 Å². The number of rotatable bonds is 6. The maximum absolute atomic E-state index is 5.34. The van der Waals surface area contributed by atoms with Crippen molar-refractivity contribution in [2.24, 2.45) is 0 Å². The zero-order chi connectivity index (χ0) is 10.2. The first kappa shape index (κ1) is 11.0. The Morgan fingerprint density at radius 2 is 2.07 bits per heavy atom. The second-order valence-electron chi connectivity index (χ2n) is 3.41. The number of methoxy groups -OCH3 is 1. The Bertz CT molecular complexity index is 253. The molecule has 0 spiro atoms. The molecule has 0 bridgehead atoms. The molecule has 1 aromatic rings. The molecule has 0 aliphatic heterocycles. The summed E-state index contributed by atoms with van der Waals surface area (Å²) in [6.45, 7) is 3.72. The first-order valence-electron chi connectivity index (χ1n) is 5.04. The number of aryl methyl sites for hydroxylation is 1. The Kier molecular flexibility index (Phi) is 5.02. The lowest BCUT2D eigenvalue weighted by Gasteiger charge is -2.12. The predicted octanol–water partition coefficient (Wildman–Crippen LogP) is 3.21. The Labute approximate surface area is 86.4 Å². The lowest BCUT2D eigenvalue weighted by Crippen LogP contribution is -2.10. The first-order valence-corrected chi connectivity index (χ1v) is 5.04. The van der Waals surface area contributed by atoms with Crippen molar-refractivity contribution < 1.29 is 4.74 Å². The summed E-state index contributed by atoms with van der Waals surface area (Å²) in [5.41, 5.74) is 1.37. The lowest BCUT2D eigenvalue weighted by atomic mass is 10.1. The summed E-state index contributed by atoms with van der Waals surface area (Å²) in [5.74, 6) is 0. The van der Waals surface area contributed by atoms with Crippen molar-refractivity contribution in [1.29, 1.82) is 0 Å². The van der Waals surface area contributed by atoms with Gasteiger partial charge in [-0.1, -0.05) is 36.4 Å². The van der Waals surface area contributed by atoms with E-state index in [0.29, 0.717) is 6.10 Å². The van der Waals surface area contributed by atoms with E-state index in [1.54, 1.807) is 7.11 Å². The molecule has 0 aromatic heterocycles. The standard InChI is InChI=1S/C13H18O/c1-3-7-13(14-2)11-10-12-8-5-4-6-9-12/h3-6,8-9,13H,1,7,10-11H2,2H3/t13-/m1/s1. The third kappa shape index (κ3) is 3.75. The van der Waals surface area contributed by atoms with Crippen LogP contribution in [-0.4, -0.2) is 13.2 Å². The molecule has 76 valence electrons. The molecule has 1 atom stereocenters. The zero-order valence-corrected chi connectivity index (χ0v) is 8.78. The van der Waals surface area contributed by atoms with Gasteiger partial charge in [0.1, 0.15) is 0 Å². The Hall–Kier alpha value is -1.08. The van der Waals surface area contributed by atoms with Gasteiger partial charge in [0.2, 0.25) is 0 Å². The maximum atomic E-state index is 5.34. The highest BCUT2D eigenvalue weighted by Gasteiger charge is 2.04. The molecule has 0 heterocycles. The van der Waals surface area contributed by atoms with Crippen LogP contribution in [-0.2, 0) is 11.2 Å². The minimum absolute atomic E-state index is 0.313. The van der Waals surface area contributed by atoms with Gasteiger partial charge in [-0.05, 0) is 24.8 Å². The molecule has 1 heteroatoms. The fourth-order valence-corrected chi connectivity index (χ4v) is 1.49. The van der Waals surface area contributed by atoms with Gasteiger partial charge in [-0.2, -0.15) is 0 Å². The summed E-state index contributed by atoms with van der Waals surface area (Å²) < 4.78 is 5.34. The van der Waals surface area contributed by atoms with Gasteiger partial charge in [-0.3, -0.25) is 0 Å². The van der Waals surface area contributed by atoms with Crippen LogP contribution in [0.3, 0.4) is 0 Å². The lowest BCUT2D eigenvalue weighted by molar-refractivity contribution is 0.0981. The summed E-state index contributed by atoms with van der Waals surface area (Å²) >= 11 is 0. The van der Waals surface area contributed by atoms with Crippen molar-refractivity contribution in [1.82, 2.24) is 0 Å². The van der Waals surface area contributed by atoms with Gasteiger partial charge in [0.25, 0.3) is 0 Å². The molecular formula is C13H18O. The molecule has 0 saturated heterocycles. The summed E-state index contributed by atoms with van der Waals surface area (Å²) in [6, 6.07) is 10.5. The third-order valence-corrected chi connectivity index (χ3v) is 2.36. The molecule has 1 rings (SSSR count). The van der Waals surface area contributed by atoms with Crippen molar-refractivity contribution in [2.75, 3.05) is 7.11 Å². The van der Waals surface area contributed by atoms with E-state index >= 15 is 0 Å². The molecule has 0 aliphatic rings. The highest BCUT2D eigenvalue weighted by atomic mass is 16.5. The van der Waals surface area contributed by atoms with E-state index in [9.17, 15) is 0 Å². The van der Waals surface area contributed by atoms with Gasteiger partial charge < -0.3 is 4.74 Å². The van der Waals surface area contributed by atoms with Crippen LogP contribution in [0.15, 0.2) is 43.0 Å². The molecular weight excluding hydrogens is 172 g/mol. The molecule has 1 nitrogen and oxygen atoms in total. The second-order valence-corrected chi connectivity index (χ2v) is 3.41. The molecule has 0 saturated carbocycles. The van der Waals surface area contributed by atoms with Crippen molar-refractivity contribution in [3.8, 4) is 0 Å². The minimum atomic E-state index is 0.313. The van der Waals surface area contributed by atoms with E-state index in [0.717, 1.165) is 19.3 Å². The molecule has 0 amide bonds. The smallest absolute Gasteiger partial charge is 0.0608 e. The quantitative estimate of drug-likeness (QED) is 0.626. The fraction of sp³-hybridized carbons (Fsp3) is 0.385. The van der Waals surface area contributed by atoms with Gasteiger partial charge in [0.15, 0.2) is 0 Å². The minimum Gasteiger partial charge on any atom is -0.381 e. The highest BCUT2D eigenvalue weighted by molar-refractivity contribution is 5.14. The van der Waals surface area contributed by atoms with Gasteiger partial charge in [-0.15, -0.1) is 6.58 Å². The average molecular weight is 190 g/mol. The fourth-order valence-electron chi connectivity index (χ4n) is 1.49. The van der Waals surface area contributed by atoms with Crippen LogP contribution in [0.1, 0.15) is 18.4 Å².